The Labute approximate surface area is 126 Å². The van der Waals surface area contributed by atoms with Crippen LogP contribution in [-0.2, 0) is 13.5 Å². The molecule has 5 heteroatoms. The second-order valence-electron chi connectivity index (χ2n) is 5.42. The molecule has 0 bridgehead atoms. The molecule has 0 amide bonds. The van der Waals surface area contributed by atoms with Gasteiger partial charge in [-0.05, 0) is 33.6 Å². The summed E-state index contributed by atoms with van der Waals surface area (Å²) < 4.78 is 1.89. The minimum absolute atomic E-state index is 0.777. The zero-order valence-electron chi connectivity index (χ0n) is 13.9. The molecule has 0 saturated heterocycles. The molecular weight excluding hydrogens is 262 g/mol. The van der Waals surface area contributed by atoms with Crippen molar-refractivity contribution in [2.24, 2.45) is 7.05 Å². The number of hydrogen-bond acceptors (Lipinski definition) is 4. The average Bonchev–Trinajstić information content (AvgIpc) is 2.71. The topological polar surface area (TPSA) is 55.6 Å². The second-order valence-corrected chi connectivity index (χ2v) is 5.42. The van der Waals surface area contributed by atoms with E-state index >= 15 is 0 Å². The molecule has 0 fully saturated rings. The first-order chi connectivity index (χ1) is 9.99. The van der Waals surface area contributed by atoms with E-state index in [0.717, 1.165) is 59.2 Å². The predicted molar refractivity (Wildman–Crippen MR) is 86.6 cm³/mol. The normalized spacial score (nSPS) is 11.0. The molecule has 2 rings (SSSR count). The van der Waals surface area contributed by atoms with Crippen LogP contribution in [0.5, 0.6) is 0 Å². The Kier molecular flexibility index (Phi) is 4.60. The number of hydrogen-bond donors (Lipinski definition) is 1. The van der Waals surface area contributed by atoms with Crippen LogP contribution in [0.25, 0.3) is 11.4 Å². The molecule has 21 heavy (non-hydrogen) atoms. The molecule has 0 radical (unpaired) electrons. The summed E-state index contributed by atoms with van der Waals surface area (Å²) in [6.45, 7) is 11.4. The molecule has 0 aliphatic heterocycles. The number of aromatic nitrogens is 4. The van der Waals surface area contributed by atoms with Crippen molar-refractivity contribution in [1.82, 2.24) is 19.7 Å². The summed E-state index contributed by atoms with van der Waals surface area (Å²) in [6, 6.07) is 0. The van der Waals surface area contributed by atoms with Crippen molar-refractivity contribution in [3.05, 3.63) is 22.6 Å². The van der Waals surface area contributed by atoms with E-state index in [2.05, 4.69) is 38.1 Å². The molecule has 5 nitrogen and oxygen atoms in total. The molecule has 0 aliphatic carbocycles. The Bertz CT molecular complexity index is 643. The van der Waals surface area contributed by atoms with Crippen molar-refractivity contribution < 1.29 is 0 Å². The van der Waals surface area contributed by atoms with Crippen molar-refractivity contribution >= 4 is 5.82 Å². The van der Waals surface area contributed by atoms with Gasteiger partial charge in [-0.25, -0.2) is 9.97 Å². The van der Waals surface area contributed by atoms with Crippen LogP contribution in [0.1, 0.15) is 42.9 Å². The first kappa shape index (κ1) is 15.5. The Morgan fingerprint density at radius 3 is 2.33 bits per heavy atom. The molecule has 0 aliphatic rings. The van der Waals surface area contributed by atoms with Gasteiger partial charge < -0.3 is 5.32 Å². The van der Waals surface area contributed by atoms with E-state index in [-0.39, 0.29) is 0 Å². The first-order valence-corrected chi connectivity index (χ1v) is 7.61. The van der Waals surface area contributed by atoms with Crippen LogP contribution in [0, 0.1) is 20.8 Å². The van der Waals surface area contributed by atoms with E-state index in [4.69, 9.17) is 9.97 Å². The molecule has 2 aromatic heterocycles. The highest BCUT2D eigenvalue weighted by Gasteiger charge is 2.17. The minimum Gasteiger partial charge on any atom is -0.370 e. The highest BCUT2D eigenvalue weighted by Crippen LogP contribution is 2.27. The van der Waals surface area contributed by atoms with Gasteiger partial charge in [-0.15, -0.1) is 0 Å². The van der Waals surface area contributed by atoms with Gasteiger partial charge in [0.25, 0.3) is 0 Å². The van der Waals surface area contributed by atoms with Gasteiger partial charge >= 0.3 is 0 Å². The number of anilines is 1. The van der Waals surface area contributed by atoms with Crippen LogP contribution in [-0.4, -0.2) is 26.3 Å². The van der Waals surface area contributed by atoms with Gasteiger partial charge in [-0.1, -0.05) is 13.8 Å². The first-order valence-electron chi connectivity index (χ1n) is 7.61. The third kappa shape index (κ3) is 2.91. The van der Waals surface area contributed by atoms with Gasteiger partial charge in [0.1, 0.15) is 5.82 Å². The van der Waals surface area contributed by atoms with Crippen molar-refractivity contribution in [2.45, 2.75) is 47.5 Å². The maximum Gasteiger partial charge on any atom is 0.165 e. The van der Waals surface area contributed by atoms with Crippen molar-refractivity contribution in [3.63, 3.8) is 0 Å². The Hall–Kier alpha value is -1.91. The molecule has 114 valence electrons. The lowest BCUT2D eigenvalue weighted by Crippen LogP contribution is -2.09. The summed E-state index contributed by atoms with van der Waals surface area (Å²) in [5, 5.41) is 7.89. The standard InChI is InChI=1S/C16H25N5/c1-7-9-17-15-10(3)13(8-2)18-16(19-15)14-11(4)20-21(6)12(14)5/h7-9H2,1-6H3,(H,17,18,19). The third-order valence-corrected chi connectivity index (χ3v) is 3.86. The van der Waals surface area contributed by atoms with E-state index in [1.807, 2.05) is 18.7 Å². The van der Waals surface area contributed by atoms with Crippen LogP contribution in [0.4, 0.5) is 5.82 Å². The molecule has 0 unspecified atom stereocenters. The molecule has 0 aromatic carbocycles. The number of rotatable bonds is 5. The molecule has 2 aromatic rings. The smallest absolute Gasteiger partial charge is 0.165 e. The van der Waals surface area contributed by atoms with Crippen LogP contribution in [0.3, 0.4) is 0 Å². The Morgan fingerprint density at radius 1 is 1.10 bits per heavy atom. The summed E-state index contributed by atoms with van der Waals surface area (Å²) in [4.78, 5) is 9.51. The van der Waals surface area contributed by atoms with E-state index in [1.54, 1.807) is 0 Å². The lowest BCUT2D eigenvalue weighted by molar-refractivity contribution is 0.731. The highest BCUT2D eigenvalue weighted by atomic mass is 15.3. The Morgan fingerprint density at radius 2 is 1.81 bits per heavy atom. The maximum absolute atomic E-state index is 4.76. The summed E-state index contributed by atoms with van der Waals surface area (Å²) in [6.07, 6.45) is 1.98. The van der Waals surface area contributed by atoms with Gasteiger partial charge in [0.15, 0.2) is 5.82 Å². The molecular formula is C16H25N5. The van der Waals surface area contributed by atoms with Crippen molar-refractivity contribution in [1.29, 1.82) is 0 Å². The number of nitrogens with zero attached hydrogens (tertiary/aromatic N) is 4. The number of aryl methyl sites for hydroxylation is 3. The van der Waals surface area contributed by atoms with Gasteiger partial charge in [-0.3, -0.25) is 4.68 Å². The Balaban J connectivity index is 2.58. The summed E-state index contributed by atoms with van der Waals surface area (Å²) in [5.74, 6) is 1.72. The molecule has 0 atom stereocenters. The average molecular weight is 287 g/mol. The van der Waals surface area contributed by atoms with Gasteiger partial charge in [-0.2, -0.15) is 5.10 Å². The highest BCUT2D eigenvalue weighted by molar-refractivity contribution is 5.64. The number of nitrogens with one attached hydrogen (secondary N) is 1. The predicted octanol–water partition coefficient (Wildman–Crippen LogP) is 3.19. The van der Waals surface area contributed by atoms with Crippen molar-refractivity contribution in [2.75, 3.05) is 11.9 Å². The fraction of sp³-hybridized carbons (Fsp3) is 0.562. The van der Waals surface area contributed by atoms with Crippen LogP contribution in [0.2, 0.25) is 0 Å². The van der Waals surface area contributed by atoms with Crippen LogP contribution in [0.15, 0.2) is 0 Å². The van der Waals surface area contributed by atoms with Gasteiger partial charge in [0, 0.05) is 30.5 Å². The SMILES string of the molecule is CCCNc1nc(-c2c(C)nn(C)c2C)nc(CC)c1C. The monoisotopic (exact) mass is 287 g/mol. The van der Waals surface area contributed by atoms with E-state index < -0.39 is 0 Å². The van der Waals surface area contributed by atoms with E-state index in [0.29, 0.717) is 0 Å². The fourth-order valence-corrected chi connectivity index (χ4v) is 2.53. The zero-order valence-corrected chi connectivity index (χ0v) is 13.9. The third-order valence-electron chi connectivity index (χ3n) is 3.86. The zero-order chi connectivity index (χ0) is 15.6. The molecule has 0 spiro atoms. The van der Waals surface area contributed by atoms with Crippen molar-refractivity contribution in [3.8, 4) is 11.4 Å². The molecule has 2 heterocycles. The largest absolute Gasteiger partial charge is 0.370 e. The van der Waals surface area contributed by atoms with E-state index in [9.17, 15) is 0 Å². The lowest BCUT2D eigenvalue weighted by Gasteiger charge is -2.13. The minimum atomic E-state index is 0.777. The summed E-state index contributed by atoms with van der Waals surface area (Å²) in [5.41, 5.74) is 5.36. The summed E-state index contributed by atoms with van der Waals surface area (Å²) in [7, 11) is 1.96. The van der Waals surface area contributed by atoms with Gasteiger partial charge in [0.05, 0.1) is 11.3 Å². The van der Waals surface area contributed by atoms with E-state index in [1.165, 1.54) is 0 Å². The van der Waals surface area contributed by atoms with Crippen LogP contribution < -0.4 is 5.32 Å². The van der Waals surface area contributed by atoms with Crippen LogP contribution >= 0.6 is 0 Å². The molecule has 1 N–H and O–H groups in total. The maximum atomic E-state index is 4.76. The molecule has 0 saturated carbocycles. The quantitative estimate of drug-likeness (QED) is 0.917. The summed E-state index contributed by atoms with van der Waals surface area (Å²) >= 11 is 0. The fourth-order valence-electron chi connectivity index (χ4n) is 2.53. The second kappa shape index (κ2) is 6.24. The lowest BCUT2D eigenvalue weighted by atomic mass is 10.1. The van der Waals surface area contributed by atoms with Gasteiger partial charge in [0.2, 0.25) is 0 Å².